The van der Waals surface area contributed by atoms with Crippen LogP contribution >= 0.6 is 0 Å². The molecule has 0 aliphatic heterocycles. The zero-order valence-corrected chi connectivity index (χ0v) is 16.4. The number of esters is 1. The van der Waals surface area contributed by atoms with Gasteiger partial charge in [0.25, 0.3) is 5.69 Å². The summed E-state index contributed by atoms with van der Waals surface area (Å²) in [4.78, 5) is 38.2. The van der Waals surface area contributed by atoms with Gasteiger partial charge in [-0.05, 0) is 42.8 Å². The van der Waals surface area contributed by atoms with Crippen molar-refractivity contribution in [3.05, 3.63) is 57.2 Å². The van der Waals surface area contributed by atoms with Gasteiger partial charge in [-0.3, -0.25) is 14.9 Å². The van der Waals surface area contributed by atoms with E-state index in [-0.39, 0.29) is 36.0 Å². The van der Waals surface area contributed by atoms with Crippen molar-refractivity contribution in [1.82, 2.24) is 25.2 Å². The van der Waals surface area contributed by atoms with Crippen LogP contribution in [0.15, 0.2) is 24.5 Å². The van der Waals surface area contributed by atoms with E-state index in [0.29, 0.717) is 16.8 Å². The Labute approximate surface area is 169 Å². The van der Waals surface area contributed by atoms with E-state index in [4.69, 9.17) is 9.47 Å². The number of nitro groups is 1. The zero-order chi connectivity index (χ0) is 21.8. The quantitative estimate of drug-likeness (QED) is 0.252. The van der Waals surface area contributed by atoms with Crippen LogP contribution in [0, 0.1) is 24.0 Å². The van der Waals surface area contributed by atoms with Crippen molar-refractivity contribution >= 4 is 17.4 Å². The van der Waals surface area contributed by atoms with Crippen molar-refractivity contribution < 1.29 is 24.0 Å². The van der Waals surface area contributed by atoms with Crippen LogP contribution in [0.25, 0.3) is 5.69 Å². The van der Waals surface area contributed by atoms with Crippen molar-refractivity contribution in [2.24, 2.45) is 0 Å². The normalized spacial score (nSPS) is 10.6. The third kappa shape index (κ3) is 4.01. The molecule has 0 unspecified atom stereocenters. The first-order valence-corrected chi connectivity index (χ1v) is 8.87. The summed E-state index contributed by atoms with van der Waals surface area (Å²) in [5.74, 6) is -0.750. The molecule has 156 valence electrons. The molecule has 0 radical (unpaired) electrons. The van der Waals surface area contributed by atoms with Gasteiger partial charge in [0.05, 0.1) is 22.8 Å². The van der Waals surface area contributed by atoms with E-state index >= 15 is 0 Å². The van der Waals surface area contributed by atoms with E-state index in [1.54, 1.807) is 20.8 Å². The molecule has 12 nitrogen and oxygen atoms in total. The van der Waals surface area contributed by atoms with E-state index in [9.17, 15) is 19.7 Å². The number of aryl methyl sites for hydroxylation is 1. The number of hydrogen-bond acceptors (Lipinski definition) is 9. The third-order valence-corrected chi connectivity index (χ3v) is 4.30. The number of rotatable bonds is 8. The number of H-pyrrole nitrogens is 1. The van der Waals surface area contributed by atoms with Gasteiger partial charge in [0.2, 0.25) is 5.78 Å². The van der Waals surface area contributed by atoms with Gasteiger partial charge in [0.1, 0.15) is 17.8 Å². The Kier molecular flexibility index (Phi) is 5.85. The van der Waals surface area contributed by atoms with Crippen LogP contribution in [0.5, 0.6) is 5.75 Å². The molecular weight excluding hydrogens is 396 g/mol. The number of benzene rings is 1. The molecule has 1 N–H and O–H groups in total. The Morgan fingerprint density at radius 3 is 2.70 bits per heavy atom. The first kappa shape index (κ1) is 20.6. The van der Waals surface area contributed by atoms with Crippen molar-refractivity contribution in [3.63, 3.8) is 0 Å². The fourth-order valence-electron chi connectivity index (χ4n) is 2.95. The first-order valence-electron chi connectivity index (χ1n) is 8.87. The highest BCUT2D eigenvalue weighted by Gasteiger charge is 2.23. The number of ether oxygens (including phenoxy) is 2. The minimum atomic E-state index is -0.565. The van der Waals surface area contributed by atoms with Crippen LogP contribution in [0.3, 0.4) is 0 Å². The number of aromatic nitrogens is 5. The molecule has 0 bridgehead atoms. The number of carbonyl (C=O) groups excluding carboxylic acids is 2. The summed E-state index contributed by atoms with van der Waals surface area (Å²) >= 11 is 0. The van der Waals surface area contributed by atoms with Crippen LogP contribution in [0.2, 0.25) is 0 Å². The van der Waals surface area contributed by atoms with Crippen LogP contribution in [0.4, 0.5) is 5.69 Å². The Hall–Kier alpha value is -4.09. The Bertz CT molecular complexity index is 1100. The summed E-state index contributed by atoms with van der Waals surface area (Å²) in [6.45, 7) is 4.84. The smallest absolute Gasteiger partial charge is 0.340 e. The maximum Gasteiger partial charge on any atom is 0.340 e. The number of Topliss-reactive ketones (excluding diaryl/α,β-unsaturated/α-hetero) is 1. The molecule has 0 atom stereocenters. The van der Waals surface area contributed by atoms with Crippen molar-refractivity contribution in [1.29, 1.82) is 0 Å². The number of carbonyl (C=O) groups is 2. The first-order chi connectivity index (χ1) is 14.3. The molecule has 0 fully saturated rings. The van der Waals surface area contributed by atoms with E-state index in [1.165, 1.54) is 29.2 Å². The maximum absolute atomic E-state index is 12.7. The van der Waals surface area contributed by atoms with Gasteiger partial charge < -0.3 is 14.5 Å². The van der Waals surface area contributed by atoms with Crippen molar-refractivity contribution in [2.45, 2.75) is 20.8 Å². The molecule has 2 aromatic heterocycles. The summed E-state index contributed by atoms with van der Waals surface area (Å²) in [6, 6.07) is 3.84. The molecule has 30 heavy (non-hydrogen) atoms. The van der Waals surface area contributed by atoms with Crippen LogP contribution in [-0.4, -0.2) is 55.1 Å². The molecule has 0 spiro atoms. The van der Waals surface area contributed by atoms with Gasteiger partial charge in [-0.25, -0.2) is 4.79 Å². The molecular formula is C18H18N6O6. The van der Waals surface area contributed by atoms with Crippen molar-refractivity contribution in [2.75, 3.05) is 13.2 Å². The minimum Gasteiger partial charge on any atom is -0.483 e. The van der Waals surface area contributed by atoms with E-state index in [0.717, 1.165) is 0 Å². The topological polar surface area (TPSA) is 155 Å². The number of nitrogens with one attached hydrogen (secondary N) is 1. The number of hydrogen-bond donors (Lipinski definition) is 1. The lowest BCUT2D eigenvalue weighted by atomic mass is 10.1. The van der Waals surface area contributed by atoms with E-state index in [1.807, 2.05) is 0 Å². The lowest BCUT2D eigenvalue weighted by Crippen LogP contribution is -2.15. The molecule has 2 heterocycles. The highest BCUT2D eigenvalue weighted by molar-refractivity contribution is 6.02. The monoisotopic (exact) mass is 414 g/mol. The lowest BCUT2D eigenvalue weighted by Gasteiger charge is -2.10. The van der Waals surface area contributed by atoms with E-state index in [2.05, 4.69) is 20.5 Å². The highest BCUT2D eigenvalue weighted by Crippen LogP contribution is 2.27. The van der Waals surface area contributed by atoms with Gasteiger partial charge in [0, 0.05) is 17.8 Å². The molecule has 3 aromatic rings. The summed E-state index contributed by atoms with van der Waals surface area (Å²) in [5, 5.41) is 21.8. The minimum absolute atomic E-state index is 0.174. The summed E-state index contributed by atoms with van der Waals surface area (Å²) < 4.78 is 11.8. The fourth-order valence-corrected chi connectivity index (χ4v) is 2.95. The molecule has 0 saturated carbocycles. The molecule has 0 amide bonds. The van der Waals surface area contributed by atoms with Gasteiger partial charge in [-0.1, -0.05) is 0 Å². The number of tetrazole rings is 1. The lowest BCUT2D eigenvalue weighted by molar-refractivity contribution is -0.384. The number of ketones is 1. The second kappa shape index (κ2) is 8.51. The second-order valence-electron chi connectivity index (χ2n) is 6.22. The number of nitro benzene ring substituents is 1. The van der Waals surface area contributed by atoms with E-state index < -0.39 is 16.7 Å². The third-order valence-electron chi connectivity index (χ3n) is 4.30. The second-order valence-corrected chi connectivity index (χ2v) is 6.22. The fraction of sp³-hybridized carbons (Fsp3) is 0.278. The summed E-state index contributed by atoms with van der Waals surface area (Å²) in [7, 11) is 0. The van der Waals surface area contributed by atoms with Gasteiger partial charge in [-0.15, -0.1) is 5.10 Å². The Morgan fingerprint density at radius 2 is 2.07 bits per heavy atom. The summed E-state index contributed by atoms with van der Waals surface area (Å²) in [5.41, 5.74) is 1.53. The predicted molar refractivity (Wildman–Crippen MR) is 102 cm³/mol. The largest absolute Gasteiger partial charge is 0.483 e. The Morgan fingerprint density at radius 1 is 1.30 bits per heavy atom. The van der Waals surface area contributed by atoms with Gasteiger partial charge in [-0.2, -0.15) is 4.68 Å². The molecule has 0 aliphatic carbocycles. The zero-order valence-electron chi connectivity index (χ0n) is 16.4. The van der Waals surface area contributed by atoms with Crippen LogP contribution in [0.1, 0.15) is 39.0 Å². The number of aromatic amines is 1. The molecule has 3 rings (SSSR count). The highest BCUT2D eigenvalue weighted by atomic mass is 16.6. The number of non-ortho nitro benzene ring substituents is 1. The molecule has 12 heteroatoms. The van der Waals surface area contributed by atoms with Gasteiger partial charge >= 0.3 is 5.97 Å². The number of nitrogens with zero attached hydrogens (tertiary/aromatic N) is 5. The SMILES string of the molecule is CCOC(=O)c1c(C)[nH]c(C(=O)COc2ccc([N+](=O)[O-])cc2-n2cnnn2)c1C. The molecule has 0 aliphatic rings. The summed E-state index contributed by atoms with van der Waals surface area (Å²) in [6.07, 6.45) is 1.25. The average Bonchev–Trinajstić information content (AvgIpc) is 3.34. The van der Waals surface area contributed by atoms with Crippen molar-refractivity contribution in [3.8, 4) is 11.4 Å². The predicted octanol–water partition coefficient (Wildman–Crippen LogP) is 1.95. The molecule has 0 saturated heterocycles. The average molecular weight is 414 g/mol. The standard InChI is InChI=1S/C18H18N6O6/c1-4-29-18(26)16-10(2)17(20-11(16)3)14(25)8-30-15-6-5-12(24(27)28)7-13(15)23-9-19-21-22-23/h5-7,9,20H,4,8H2,1-3H3. The van der Waals surface area contributed by atoms with Crippen LogP contribution in [-0.2, 0) is 4.74 Å². The van der Waals surface area contributed by atoms with Crippen LogP contribution < -0.4 is 4.74 Å². The Balaban J connectivity index is 1.84. The maximum atomic E-state index is 12.7. The van der Waals surface area contributed by atoms with Gasteiger partial charge in [0.15, 0.2) is 6.61 Å². The molecule has 1 aromatic carbocycles.